The molecule has 2 amide bonds. The van der Waals surface area contributed by atoms with Crippen LogP contribution in [-0.4, -0.2) is 46.2 Å². The number of likely N-dealkylation sites (N-methyl/N-ethyl adjacent to an activating group) is 1. The minimum atomic E-state index is -0.434. The molecule has 1 aliphatic heterocycles. The van der Waals surface area contributed by atoms with Gasteiger partial charge in [-0.2, -0.15) is 0 Å². The van der Waals surface area contributed by atoms with E-state index >= 15 is 0 Å². The van der Waals surface area contributed by atoms with Crippen LogP contribution < -0.4 is 5.73 Å². The number of carbonyl (C=O) groups excluding carboxylic acids is 2. The summed E-state index contributed by atoms with van der Waals surface area (Å²) < 4.78 is 0. The number of nitrogens with two attached hydrogens (primary N) is 1. The molecular formula is C14H17N3O2S. The van der Waals surface area contributed by atoms with Gasteiger partial charge in [0.25, 0.3) is 0 Å². The summed E-state index contributed by atoms with van der Waals surface area (Å²) in [5.74, 6) is -0.852. The van der Waals surface area contributed by atoms with E-state index in [9.17, 15) is 9.59 Å². The van der Waals surface area contributed by atoms with Crippen molar-refractivity contribution in [2.45, 2.75) is 13.5 Å². The van der Waals surface area contributed by atoms with Gasteiger partial charge in [0.15, 0.2) is 0 Å². The zero-order valence-electron chi connectivity index (χ0n) is 11.3. The third-order valence-electron chi connectivity index (χ3n) is 3.39. The first-order chi connectivity index (χ1) is 9.52. The van der Waals surface area contributed by atoms with Crippen LogP contribution in [0, 0.1) is 0 Å². The maximum atomic E-state index is 12.0. The average Bonchev–Trinajstić information content (AvgIpc) is 2.45. The highest BCUT2D eigenvalue weighted by Crippen LogP contribution is 2.11. The lowest BCUT2D eigenvalue weighted by atomic mass is 10.1. The molecule has 20 heavy (non-hydrogen) atoms. The average molecular weight is 291 g/mol. The van der Waals surface area contributed by atoms with E-state index in [1.807, 2.05) is 31.2 Å². The summed E-state index contributed by atoms with van der Waals surface area (Å²) in [6.07, 6.45) is 0. The van der Waals surface area contributed by atoms with Crippen LogP contribution in [-0.2, 0) is 16.1 Å². The third-order valence-corrected chi connectivity index (χ3v) is 3.63. The fraction of sp³-hybridized carbons (Fsp3) is 0.357. The number of nitrogens with zero attached hydrogens (tertiary/aromatic N) is 2. The summed E-state index contributed by atoms with van der Waals surface area (Å²) in [5.41, 5.74) is 7.28. The molecule has 106 valence electrons. The first kappa shape index (κ1) is 14.5. The Balaban J connectivity index is 2.05. The summed E-state index contributed by atoms with van der Waals surface area (Å²) >= 11 is 4.89. The summed E-state index contributed by atoms with van der Waals surface area (Å²) in [6, 6.07) is 7.40. The molecule has 2 N–H and O–H groups in total. The fourth-order valence-corrected chi connectivity index (χ4v) is 2.30. The van der Waals surface area contributed by atoms with E-state index in [2.05, 4.69) is 0 Å². The van der Waals surface area contributed by atoms with Crippen LogP contribution in [0.2, 0.25) is 0 Å². The number of rotatable bonds is 4. The van der Waals surface area contributed by atoms with E-state index in [-0.39, 0.29) is 0 Å². The van der Waals surface area contributed by atoms with Crippen molar-refractivity contribution in [2.75, 3.05) is 19.6 Å². The summed E-state index contributed by atoms with van der Waals surface area (Å²) in [6.45, 7) is 4.03. The Kier molecular flexibility index (Phi) is 4.34. The Hall–Kier alpha value is -1.95. The summed E-state index contributed by atoms with van der Waals surface area (Å²) in [4.78, 5) is 27.3. The summed E-state index contributed by atoms with van der Waals surface area (Å²) in [5, 5.41) is 0. The molecule has 2 rings (SSSR count). The Labute approximate surface area is 123 Å². The van der Waals surface area contributed by atoms with Gasteiger partial charge in [0.1, 0.15) is 4.99 Å². The van der Waals surface area contributed by atoms with Gasteiger partial charge >= 0.3 is 11.8 Å². The molecule has 6 heteroatoms. The predicted molar refractivity (Wildman–Crippen MR) is 80.0 cm³/mol. The van der Waals surface area contributed by atoms with Crippen LogP contribution in [0.3, 0.4) is 0 Å². The van der Waals surface area contributed by atoms with Crippen LogP contribution in [0.4, 0.5) is 0 Å². The molecule has 1 heterocycles. The predicted octanol–water partition coefficient (Wildman–Crippen LogP) is 0.511. The molecule has 0 radical (unpaired) electrons. The zero-order chi connectivity index (χ0) is 14.7. The molecule has 1 saturated heterocycles. The van der Waals surface area contributed by atoms with Gasteiger partial charge in [0.2, 0.25) is 0 Å². The number of thiocarbonyl (C=S) groups is 1. The lowest BCUT2D eigenvalue weighted by Crippen LogP contribution is -2.53. The first-order valence-electron chi connectivity index (χ1n) is 6.50. The normalized spacial score (nSPS) is 15.7. The number of benzene rings is 1. The highest BCUT2D eigenvalue weighted by atomic mass is 32.1. The van der Waals surface area contributed by atoms with Crippen LogP contribution >= 0.6 is 12.2 Å². The molecule has 1 aromatic rings. The van der Waals surface area contributed by atoms with Crippen molar-refractivity contribution >= 4 is 29.0 Å². The van der Waals surface area contributed by atoms with Crippen LogP contribution in [0.1, 0.15) is 18.1 Å². The number of hydrogen-bond donors (Lipinski definition) is 1. The van der Waals surface area contributed by atoms with Crippen LogP contribution in [0.15, 0.2) is 24.3 Å². The molecule has 0 aromatic heterocycles. The van der Waals surface area contributed by atoms with E-state index in [1.165, 1.54) is 0 Å². The van der Waals surface area contributed by atoms with Crippen molar-refractivity contribution in [1.82, 2.24) is 9.80 Å². The van der Waals surface area contributed by atoms with Crippen molar-refractivity contribution < 1.29 is 9.59 Å². The second-order valence-corrected chi connectivity index (χ2v) is 5.11. The molecule has 0 aliphatic carbocycles. The Bertz CT molecular complexity index is 542. The van der Waals surface area contributed by atoms with Crippen molar-refractivity contribution in [3.8, 4) is 0 Å². The van der Waals surface area contributed by atoms with Crippen LogP contribution in [0.25, 0.3) is 0 Å². The van der Waals surface area contributed by atoms with Crippen LogP contribution in [0.5, 0.6) is 0 Å². The lowest BCUT2D eigenvalue weighted by Gasteiger charge is -2.33. The largest absolute Gasteiger partial charge is 0.389 e. The Morgan fingerprint density at radius 3 is 2.25 bits per heavy atom. The number of carbonyl (C=O) groups is 2. The van der Waals surface area contributed by atoms with Crippen molar-refractivity contribution in [2.24, 2.45) is 5.73 Å². The highest BCUT2D eigenvalue weighted by Gasteiger charge is 2.31. The standard InChI is InChI=1S/C14H17N3O2S/c1-2-16-7-8-17(14(19)13(16)18)9-10-3-5-11(6-4-10)12(15)20/h3-6H,2,7-9H2,1H3,(H2,15,20). The first-order valence-corrected chi connectivity index (χ1v) is 6.90. The monoisotopic (exact) mass is 291 g/mol. The second kappa shape index (κ2) is 6.00. The molecule has 0 spiro atoms. The minimum absolute atomic E-state index is 0.347. The molecule has 0 atom stereocenters. The van der Waals surface area contributed by atoms with Gasteiger partial charge in [-0.25, -0.2) is 0 Å². The minimum Gasteiger partial charge on any atom is -0.389 e. The zero-order valence-corrected chi connectivity index (χ0v) is 12.2. The Morgan fingerprint density at radius 1 is 1.15 bits per heavy atom. The quantitative estimate of drug-likeness (QED) is 0.648. The number of hydrogen-bond acceptors (Lipinski definition) is 3. The molecule has 0 saturated carbocycles. The van der Waals surface area contributed by atoms with Gasteiger partial charge in [0.05, 0.1) is 0 Å². The molecule has 1 fully saturated rings. The SMILES string of the molecule is CCN1CCN(Cc2ccc(C(N)=S)cc2)C(=O)C1=O. The van der Waals surface area contributed by atoms with E-state index in [0.717, 1.165) is 11.1 Å². The molecule has 5 nitrogen and oxygen atoms in total. The molecule has 1 aromatic carbocycles. The smallest absolute Gasteiger partial charge is 0.312 e. The molecule has 1 aliphatic rings. The van der Waals surface area contributed by atoms with Gasteiger partial charge in [-0.15, -0.1) is 0 Å². The van der Waals surface area contributed by atoms with Crippen molar-refractivity contribution in [3.63, 3.8) is 0 Å². The number of amides is 2. The van der Waals surface area contributed by atoms with Crippen molar-refractivity contribution in [3.05, 3.63) is 35.4 Å². The van der Waals surface area contributed by atoms with Crippen molar-refractivity contribution in [1.29, 1.82) is 0 Å². The van der Waals surface area contributed by atoms with Gasteiger partial charge in [-0.05, 0) is 12.5 Å². The molecule has 0 bridgehead atoms. The summed E-state index contributed by atoms with van der Waals surface area (Å²) in [7, 11) is 0. The molecular weight excluding hydrogens is 274 g/mol. The van der Waals surface area contributed by atoms with E-state index in [1.54, 1.807) is 9.80 Å². The Morgan fingerprint density at radius 2 is 1.70 bits per heavy atom. The van der Waals surface area contributed by atoms with E-state index in [4.69, 9.17) is 18.0 Å². The maximum absolute atomic E-state index is 12.0. The van der Waals surface area contributed by atoms with Gasteiger partial charge in [0, 0.05) is 31.7 Å². The van der Waals surface area contributed by atoms with Gasteiger partial charge < -0.3 is 15.5 Å². The fourth-order valence-electron chi connectivity index (χ4n) is 2.16. The highest BCUT2D eigenvalue weighted by molar-refractivity contribution is 7.80. The van der Waals surface area contributed by atoms with Gasteiger partial charge in [-0.3, -0.25) is 9.59 Å². The molecule has 0 unspecified atom stereocenters. The lowest BCUT2D eigenvalue weighted by molar-refractivity contribution is -0.156. The van der Waals surface area contributed by atoms with E-state index < -0.39 is 11.8 Å². The number of piperazine rings is 1. The topological polar surface area (TPSA) is 66.6 Å². The van der Waals surface area contributed by atoms with Gasteiger partial charge in [-0.1, -0.05) is 36.5 Å². The second-order valence-electron chi connectivity index (χ2n) is 4.67. The maximum Gasteiger partial charge on any atom is 0.312 e. The third kappa shape index (κ3) is 2.96. The van der Waals surface area contributed by atoms with E-state index in [0.29, 0.717) is 31.2 Å².